The molecule has 1 saturated carbocycles. The number of hydrogen-bond acceptors (Lipinski definition) is 2. The minimum absolute atomic E-state index is 0.00291. The van der Waals surface area contributed by atoms with E-state index in [1.165, 1.54) is 19.3 Å². The highest BCUT2D eigenvalue weighted by Gasteiger charge is 2.46. The van der Waals surface area contributed by atoms with Crippen molar-refractivity contribution in [3.8, 4) is 0 Å². The first-order valence-electron chi connectivity index (χ1n) is 5.43. The van der Waals surface area contributed by atoms with Crippen molar-refractivity contribution in [2.75, 3.05) is 0 Å². The maximum absolute atomic E-state index is 9.87. The summed E-state index contributed by atoms with van der Waals surface area (Å²) in [5, 5.41) is 9.87. The third kappa shape index (κ3) is 2.05. The fourth-order valence-electron chi connectivity index (χ4n) is 2.49. The number of nitrogens with two attached hydrogens (primary N) is 1. The van der Waals surface area contributed by atoms with Crippen LogP contribution in [0, 0.1) is 11.3 Å². The van der Waals surface area contributed by atoms with Crippen LogP contribution in [0.25, 0.3) is 0 Å². The van der Waals surface area contributed by atoms with E-state index in [1.807, 2.05) is 0 Å². The fraction of sp³-hybridized carbons (Fsp3) is 1.00. The molecule has 3 atom stereocenters. The first kappa shape index (κ1) is 11.0. The third-order valence-corrected chi connectivity index (χ3v) is 3.68. The molecule has 0 aromatic rings. The zero-order valence-electron chi connectivity index (χ0n) is 9.09. The molecule has 0 amide bonds. The number of aliphatic hydroxyl groups is 1. The van der Waals surface area contributed by atoms with Crippen LogP contribution in [0.5, 0.6) is 0 Å². The molecule has 0 heterocycles. The lowest BCUT2D eigenvalue weighted by Gasteiger charge is -2.30. The standard InChI is InChI=1S/C11H23NO/c1-4-5-6-8-7-9(12)10(13)11(8,2)3/h8-10,13H,4-7,12H2,1-3H3/t8?,9-,10-/m0/s1. The van der Waals surface area contributed by atoms with E-state index in [-0.39, 0.29) is 17.6 Å². The van der Waals surface area contributed by atoms with Crippen molar-refractivity contribution in [1.82, 2.24) is 0 Å². The van der Waals surface area contributed by atoms with Gasteiger partial charge in [-0.1, -0.05) is 33.6 Å². The Labute approximate surface area is 81.5 Å². The van der Waals surface area contributed by atoms with Crippen molar-refractivity contribution >= 4 is 0 Å². The van der Waals surface area contributed by atoms with Crippen molar-refractivity contribution in [3.63, 3.8) is 0 Å². The van der Waals surface area contributed by atoms with E-state index >= 15 is 0 Å². The van der Waals surface area contributed by atoms with Crippen molar-refractivity contribution in [3.05, 3.63) is 0 Å². The number of hydrogen-bond donors (Lipinski definition) is 2. The molecule has 13 heavy (non-hydrogen) atoms. The Morgan fingerprint density at radius 2 is 2.08 bits per heavy atom. The Balaban J connectivity index is 2.56. The van der Waals surface area contributed by atoms with Gasteiger partial charge in [-0.2, -0.15) is 0 Å². The summed E-state index contributed by atoms with van der Waals surface area (Å²) in [5.41, 5.74) is 5.89. The van der Waals surface area contributed by atoms with E-state index in [2.05, 4.69) is 20.8 Å². The molecular weight excluding hydrogens is 162 g/mol. The van der Waals surface area contributed by atoms with Gasteiger partial charge in [0.2, 0.25) is 0 Å². The lowest BCUT2D eigenvalue weighted by molar-refractivity contribution is 0.0438. The van der Waals surface area contributed by atoms with Crippen LogP contribution in [-0.4, -0.2) is 17.3 Å². The van der Waals surface area contributed by atoms with E-state index in [1.54, 1.807) is 0 Å². The van der Waals surface area contributed by atoms with E-state index in [4.69, 9.17) is 5.73 Å². The van der Waals surface area contributed by atoms with Crippen LogP contribution in [0.4, 0.5) is 0 Å². The van der Waals surface area contributed by atoms with Gasteiger partial charge in [-0.05, 0) is 24.2 Å². The maximum atomic E-state index is 9.87. The summed E-state index contributed by atoms with van der Waals surface area (Å²) >= 11 is 0. The Bertz CT molecular complexity index is 167. The molecule has 0 aromatic heterocycles. The quantitative estimate of drug-likeness (QED) is 0.705. The largest absolute Gasteiger partial charge is 0.391 e. The average Bonchev–Trinajstić information content (AvgIpc) is 2.26. The second kappa shape index (κ2) is 3.97. The maximum Gasteiger partial charge on any atom is 0.0744 e. The Kier molecular flexibility index (Phi) is 3.36. The predicted molar refractivity (Wildman–Crippen MR) is 55.4 cm³/mol. The second-order valence-corrected chi connectivity index (χ2v) is 5.00. The average molecular weight is 185 g/mol. The minimum Gasteiger partial charge on any atom is -0.391 e. The smallest absolute Gasteiger partial charge is 0.0744 e. The van der Waals surface area contributed by atoms with Crippen LogP contribution in [0.3, 0.4) is 0 Å². The first-order valence-corrected chi connectivity index (χ1v) is 5.43. The second-order valence-electron chi connectivity index (χ2n) is 5.00. The monoisotopic (exact) mass is 185 g/mol. The molecule has 2 nitrogen and oxygen atoms in total. The lowest BCUT2D eigenvalue weighted by Crippen LogP contribution is -2.37. The summed E-state index contributed by atoms with van der Waals surface area (Å²) in [6.07, 6.45) is 4.39. The van der Waals surface area contributed by atoms with Gasteiger partial charge in [-0.3, -0.25) is 0 Å². The van der Waals surface area contributed by atoms with Crippen LogP contribution in [0.15, 0.2) is 0 Å². The number of rotatable bonds is 3. The van der Waals surface area contributed by atoms with Crippen molar-refractivity contribution in [2.45, 2.75) is 58.6 Å². The van der Waals surface area contributed by atoms with E-state index in [9.17, 15) is 5.11 Å². The van der Waals surface area contributed by atoms with Crippen molar-refractivity contribution in [1.29, 1.82) is 0 Å². The molecule has 0 bridgehead atoms. The van der Waals surface area contributed by atoms with Gasteiger partial charge in [0.05, 0.1) is 6.10 Å². The molecule has 78 valence electrons. The topological polar surface area (TPSA) is 46.2 Å². The van der Waals surface area contributed by atoms with Gasteiger partial charge in [0, 0.05) is 6.04 Å². The Hall–Kier alpha value is -0.0800. The first-order chi connectivity index (χ1) is 6.00. The molecule has 0 radical (unpaired) electrons. The highest BCUT2D eigenvalue weighted by atomic mass is 16.3. The molecule has 0 aromatic carbocycles. The van der Waals surface area contributed by atoms with E-state index in [0.717, 1.165) is 6.42 Å². The number of unbranched alkanes of at least 4 members (excludes halogenated alkanes) is 1. The van der Waals surface area contributed by atoms with Gasteiger partial charge < -0.3 is 10.8 Å². The van der Waals surface area contributed by atoms with Crippen LogP contribution in [0.2, 0.25) is 0 Å². The highest BCUT2D eigenvalue weighted by molar-refractivity contribution is 4.99. The molecule has 0 spiro atoms. The molecule has 0 aliphatic heterocycles. The van der Waals surface area contributed by atoms with Crippen LogP contribution in [-0.2, 0) is 0 Å². The van der Waals surface area contributed by atoms with Crippen LogP contribution < -0.4 is 5.73 Å². The van der Waals surface area contributed by atoms with Gasteiger partial charge in [0.25, 0.3) is 0 Å². The van der Waals surface area contributed by atoms with Crippen LogP contribution in [0.1, 0.15) is 46.5 Å². The Morgan fingerprint density at radius 3 is 2.46 bits per heavy atom. The fourth-order valence-corrected chi connectivity index (χ4v) is 2.49. The Morgan fingerprint density at radius 1 is 1.46 bits per heavy atom. The number of aliphatic hydroxyl groups excluding tert-OH is 1. The summed E-state index contributed by atoms with van der Waals surface area (Å²) in [5.74, 6) is 0.609. The zero-order chi connectivity index (χ0) is 10.1. The van der Waals surface area contributed by atoms with Crippen molar-refractivity contribution in [2.24, 2.45) is 17.1 Å². The zero-order valence-corrected chi connectivity index (χ0v) is 9.09. The van der Waals surface area contributed by atoms with Gasteiger partial charge >= 0.3 is 0 Å². The van der Waals surface area contributed by atoms with Crippen LogP contribution >= 0.6 is 0 Å². The summed E-state index contributed by atoms with van der Waals surface area (Å²) in [4.78, 5) is 0. The summed E-state index contributed by atoms with van der Waals surface area (Å²) < 4.78 is 0. The normalized spacial score (nSPS) is 38.1. The van der Waals surface area contributed by atoms with Gasteiger partial charge in [-0.15, -0.1) is 0 Å². The van der Waals surface area contributed by atoms with Gasteiger partial charge in [-0.25, -0.2) is 0 Å². The summed E-state index contributed by atoms with van der Waals surface area (Å²) in [6, 6.07) is -0.00291. The molecule has 3 N–H and O–H groups in total. The summed E-state index contributed by atoms with van der Waals surface area (Å²) in [7, 11) is 0. The van der Waals surface area contributed by atoms with Crippen molar-refractivity contribution < 1.29 is 5.11 Å². The predicted octanol–water partition coefficient (Wildman–Crippen LogP) is 1.91. The molecular formula is C11H23NO. The third-order valence-electron chi connectivity index (χ3n) is 3.68. The molecule has 1 aliphatic rings. The highest BCUT2D eigenvalue weighted by Crippen LogP contribution is 2.44. The molecule has 1 rings (SSSR count). The SMILES string of the molecule is CCCCC1C[C@H](N)[C@H](O)C1(C)C. The lowest BCUT2D eigenvalue weighted by atomic mass is 9.78. The minimum atomic E-state index is -0.311. The van der Waals surface area contributed by atoms with E-state index in [0.29, 0.717) is 5.92 Å². The molecule has 1 aliphatic carbocycles. The summed E-state index contributed by atoms with van der Waals surface area (Å²) in [6.45, 7) is 6.49. The molecule has 2 heteroatoms. The molecule has 1 unspecified atom stereocenters. The van der Waals surface area contributed by atoms with Gasteiger partial charge in [0.15, 0.2) is 0 Å². The van der Waals surface area contributed by atoms with Gasteiger partial charge in [0.1, 0.15) is 0 Å². The molecule has 1 fully saturated rings. The van der Waals surface area contributed by atoms with E-state index < -0.39 is 0 Å². The molecule has 0 saturated heterocycles.